The van der Waals surface area contributed by atoms with Crippen LogP contribution < -0.4 is 5.73 Å². The summed E-state index contributed by atoms with van der Waals surface area (Å²) in [6.07, 6.45) is 8.25. The SMILES string of the molecule is N[C@@H]1CCN(C(=O)C2CC=CCC2)C1. The van der Waals surface area contributed by atoms with Crippen LogP contribution in [0.2, 0.25) is 0 Å². The fourth-order valence-corrected chi connectivity index (χ4v) is 2.26. The standard InChI is InChI=1S/C11H18N2O/c12-10-6-7-13(8-10)11(14)9-4-2-1-3-5-9/h1-2,9-10H,3-8,12H2/t9?,10-/m1/s1. The molecule has 0 saturated carbocycles. The van der Waals surface area contributed by atoms with E-state index in [4.69, 9.17) is 5.73 Å². The van der Waals surface area contributed by atoms with E-state index in [0.717, 1.165) is 38.8 Å². The van der Waals surface area contributed by atoms with Crippen molar-refractivity contribution in [1.82, 2.24) is 4.90 Å². The summed E-state index contributed by atoms with van der Waals surface area (Å²) in [6.45, 7) is 1.62. The minimum absolute atomic E-state index is 0.207. The Kier molecular flexibility index (Phi) is 2.87. The Balaban J connectivity index is 1.91. The maximum Gasteiger partial charge on any atom is 0.226 e. The number of amides is 1. The van der Waals surface area contributed by atoms with Gasteiger partial charge in [0.15, 0.2) is 0 Å². The topological polar surface area (TPSA) is 46.3 Å². The summed E-state index contributed by atoms with van der Waals surface area (Å²) >= 11 is 0. The molecule has 1 fully saturated rings. The van der Waals surface area contributed by atoms with E-state index in [1.807, 2.05) is 4.90 Å². The van der Waals surface area contributed by atoms with E-state index in [2.05, 4.69) is 12.2 Å². The number of hydrogen-bond acceptors (Lipinski definition) is 2. The van der Waals surface area contributed by atoms with Crippen molar-refractivity contribution in [2.75, 3.05) is 13.1 Å². The molecule has 2 N–H and O–H groups in total. The van der Waals surface area contributed by atoms with Crippen molar-refractivity contribution in [2.45, 2.75) is 31.7 Å². The van der Waals surface area contributed by atoms with Gasteiger partial charge >= 0.3 is 0 Å². The normalized spacial score (nSPS) is 32.2. The molecule has 1 aliphatic carbocycles. The Morgan fingerprint density at radius 3 is 2.79 bits per heavy atom. The lowest BCUT2D eigenvalue weighted by Crippen LogP contribution is -2.36. The minimum Gasteiger partial charge on any atom is -0.341 e. The zero-order valence-electron chi connectivity index (χ0n) is 8.48. The summed E-state index contributed by atoms with van der Waals surface area (Å²) in [5.74, 6) is 0.549. The molecular formula is C11H18N2O. The number of likely N-dealkylation sites (tertiary alicyclic amines) is 1. The van der Waals surface area contributed by atoms with Crippen molar-refractivity contribution in [3.63, 3.8) is 0 Å². The molecule has 0 aromatic heterocycles. The van der Waals surface area contributed by atoms with E-state index < -0.39 is 0 Å². The second kappa shape index (κ2) is 4.13. The number of carbonyl (C=O) groups excluding carboxylic acids is 1. The first-order chi connectivity index (χ1) is 6.77. The van der Waals surface area contributed by atoms with E-state index in [1.54, 1.807) is 0 Å². The van der Waals surface area contributed by atoms with E-state index in [1.165, 1.54) is 0 Å². The van der Waals surface area contributed by atoms with E-state index >= 15 is 0 Å². The summed E-state index contributed by atoms with van der Waals surface area (Å²) in [5, 5.41) is 0. The summed E-state index contributed by atoms with van der Waals surface area (Å²) in [6, 6.07) is 0.207. The van der Waals surface area contributed by atoms with Crippen LogP contribution in [0.4, 0.5) is 0 Å². The Morgan fingerprint density at radius 2 is 2.21 bits per heavy atom. The van der Waals surface area contributed by atoms with Gasteiger partial charge in [-0.15, -0.1) is 0 Å². The van der Waals surface area contributed by atoms with Crippen molar-refractivity contribution in [3.05, 3.63) is 12.2 Å². The van der Waals surface area contributed by atoms with Crippen molar-refractivity contribution < 1.29 is 4.79 Å². The predicted molar refractivity (Wildman–Crippen MR) is 55.7 cm³/mol. The predicted octanol–water partition coefficient (Wildman–Crippen LogP) is 0.902. The van der Waals surface area contributed by atoms with Gasteiger partial charge in [0.05, 0.1) is 0 Å². The van der Waals surface area contributed by atoms with Crippen LogP contribution in [0, 0.1) is 5.92 Å². The lowest BCUT2D eigenvalue weighted by Gasteiger charge is -2.23. The zero-order valence-corrected chi connectivity index (χ0v) is 8.48. The Bertz CT molecular complexity index is 250. The van der Waals surface area contributed by atoms with Gasteiger partial charge in [-0.1, -0.05) is 12.2 Å². The Morgan fingerprint density at radius 1 is 1.36 bits per heavy atom. The number of nitrogens with two attached hydrogens (primary N) is 1. The highest BCUT2D eigenvalue weighted by Crippen LogP contribution is 2.22. The number of allylic oxidation sites excluding steroid dienone is 2. The molecule has 1 unspecified atom stereocenters. The fraction of sp³-hybridized carbons (Fsp3) is 0.727. The van der Waals surface area contributed by atoms with Crippen LogP contribution in [0.1, 0.15) is 25.7 Å². The fourth-order valence-electron chi connectivity index (χ4n) is 2.26. The summed E-state index contributed by atoms with van der Waals surface area (Å²) in [4.78, 5) is 13.9. The minimum atomic E-state index is 0.207. The van der Waals surface area contributed by atoms with Crippen molar-refractivity contribution in [2.24, 2.45) is 11.7 Å². The first kappa shape index (κ1) is 9.71. The molecule has 0 aromatic carbocycles. The third-order valence-electron chi connectivity index (χ3n) is 3.15. The van der Waals surface area contributed by atoms with Crippen LogP contribution >= 0.6 is 0 Å². The molecule has 2 rings (SSSR count). The molecule has 1 aliphatic heterocycles. The molecule has 1 saturated heterocycles. The monoisotopic (exact) mass is 194 g/mol. The third-order valence-corrected chi connectivity index (χ3v) is 3.15. The van der Waals surface area contributed by atoms with Gasteiger partial charge in [-0.2, -0.15) is 0 Å². The average molecular weight is 194 g/mol. The van der Waals surface area contributed by atoms with Gasteiger partial charge in [0, 0.05) is 25.0 Å². The van der Waals surface area contributed by atoms with Gasteiger partial charge in [0.25, 0.3) is 0 Å². The molecule has 78 valence electrons. The van der Waals surface area contributed by atoms with Gasteiger partial charge in [-0.05, 0) is 25.7 Å². The van der Waals surface area contributed by atoms with E-state index in [-0.39, 0.29) is 12.0 Å². The van der Waals surface area contributed by atoms with Crippen LogP contribution in [0.5, 0.6) is 0 Å². The van der Waals surface area contributed by atoms with Crippen molar-refractivity contribution >= 4 is 5.91 Å². The molecule has 14 heavy (non-hydrogen) atoms. The van der Waals surface area contributed by atoms with Crippen molar-refractivity contribution in [1.29, 1.82) is 0 Å². The number of carbonyl (C=O) groups is 1. The van der Waals surface area contributed by atoms with E-state index in [0.29, 0.717) is 5.91 Å². The van der Waals surface area contributed by atoms with Gasteiger partial charge in [0.2, 0.25) is 5.91 Å². The average Bonchev–Trinajstić information content (AvgIpc) is 2.65. The molecule has 0 aromatic rings. The van der Waals surface area contributed by atoms with Crippen molar-refractivity contribution in [3.8, 4) is 0 Å². The molecule has 0 spiro atoms. The number of rotatable bonds is 1. The smallest absolute Gasteiger partial charge is 0.226 e. The second-order valence-electron chi connectivity index (χ2n) is 4.31. The first-order valence-corrected chi connectivity index (χ1v) is 5.47. The summed E-state index contributed by atoms with van der Waals surface area (Å²) < 4.78 is 0. The Labute approximate surface area is 84.9 Å². The molecule has 1 amide bonds. The second-order valence-corrected chi connectivity index (χ2v) is 4.31. The van der Waals surface area contributed by atoms with Gasteiger partial charge < -0.3 is 10.6 Å². The molecule has 1 heterocycles. The van der Waals surface area contributed by atoms with Crippen LogP contribution in [0.25, 0.3) is 0 Å². The number of hydrogen-bond donors (Lipinski definition) is 1. The van der Waals surface area contributed by atoms with Gasteiger partial charge in [0.1, 0.15) is 0 Å². The third kappa shape index (κ3) is 1.98. The molecule has 2 atom stereocenters. The van der Waals surface area contributed by atoms with Crippen LogP contribution in [-0.4, -0.2) is 29.9 Å². The van der Waals surface area contributed by atoms with Crippen LogP contribution in [-0.2, 0) is 4.79 Å². The molecule has 3 heteroatoms. The van der Waals surface area contributed by atoms with E-state index in [9.17, 15) is 4.79 Å². The highest BCUT2D eigenvalue weighted by Gasteiger charge is 2.28. The van der Waals surface area contributed by atoms with Gasteiger partial charge in [-0.25, -0.2) is 0 Å². The molecule has 2 aliphatic rings. The van der Waals surface area contributed by atoms with Crippen LogP contribution in [0.3, 0.4) is 0 Å². The van der Waals surface area contributed by atoms with Gasteiger partial charge in [-0.3, -0.25) is 4.79 Å². The Hall–Kier alpha value is -0.830. The maximum atomic E-state index is 12.0. The lowest BCUT2D eigenvalue weighted by molar-refractivity contribution is -0.134. The lowest BCUT2D eigenvalue weighted by atomic mass is 9.93. The first-order valence-electron chi connectivity index (χ1n) is 5.47. The highest BCUT2D eigenvalue weighted by atomic mass is 16.2. The quantitative estimate of drug-likeness (QED) is 0.630. The number of nitrogens with zero attached hydrogens (tertiary/aromatic N) is 1. The van der Waals surface area contributed by atoms with Crippen LogP contribution in [0.15, 0.2) is 12.2 Å². The molecule has 0 bridgehead atoms. The molecule has 0 radical (unpaired) electrons. The molecular weight excluding hydrogens is 176 g/mol. The zero-order chi connectivity index (χ0) is 9.97. The summed E-state index contributed by atoms with van der Waals surface area (Å²) in [7, 11) is 0. The molecule has 3 nitrogen and oxygen atoms in total. The maximum absolute atomic E-state index is 12.0. The largest absolute Gasteiger partial charge is 0.341 e. The summed E-state index contributed by atoms with van der Waals surface area (Å²) in [5.41, 5.74) is 5.78. The highest BCUT2D eigenvalue weighted by molar-refractivity contribution is 5.79.